The molecule has 5 heteroatoms. The Kier molecular flexibility index (Phi) is 4.58. The first kappa shape index (κ1) is 14.1. The van der Waals surface area contributed by atoms with Crippen molar-refractivity contribution in [2.75, 3.05) is 29.9 Å². The van der Waals surface area contributed by atoms with Crippen LogP contribution in [-0.2, 0) is 6.42 Å². The summed E-state index contributed by atoms with van der Waals surface area (Å²) in [6, 6.07) is 2.16. The summed E-state index contributed by atoms with van der Waals surface area (Å²) in [5, 5.41) is 12.8. The largest absolute Gasteiger partial charge is 0.394 e. The van der Waals surface area contributed by atoms with Crippen molar-refractivity contribution in [1.29, 1.82) is 0 Å². The first-order valence-corrected chi connectivity index (χ1v) is 7.18. The maximum Gasteiger partial charge on any atom is 0.134 e. The van der Waals surface area contributed by atoms with E-state index in [4.69, 9.17) is 0 Å². The Hall–Kier alpha value is -1.36. The minimum absolute atomic E-state index is 0.175. The lowest BCUT2D eigenvalue weighted by Gasteiger charge is -2.26. The standard InChI is InChI=1S/C14H24N4O/c1-4-12-16-13(15-5-2)8-14(17-12)18-7-6-10(3)11(18)9-19/h8,10-11,19H,4-7,9H2,1-3H3,(H,15,16,17). The maximum absolute atomic E-state index is 9.57. The Morgan fingerprint density at radius 1 is 1.42 bits per heavy atom. The van der Waals surface area contributed by atoms with E-state index in [2.05, 4.69) is 41.0 Å². The summed E-state index contributed by atoms with van der Waals surface area (Å²) >= 11 is 0. The van der Waals surface area contributed by atoms with Gasteiger partial charge in [0.1, 0.15) is 17.5 Å². The molecule has 1 aliphatic heterocycles. The van der Waals surface area contributed by atoms with Gasteiger partial charge in [-0.3, -0.25) is 0 Å². The van der Waals surface area contributed by atoms with Gasteiger partial charge in [-0.2, -0.15) is 0 Å². The second-order valence-electron chi connectivity index (χ2n) is 5.12. The number of anilines is 2. The average molecular weight is 264 g/mol. The van der Waals surface area contributed by atoms with Crippen molar-refractivity contribution in [2.45, 2.75) is 39.7 Å². The van der Waals surface area contributed by atoms with Gasteiger partial charge in [0.15, 0.2) is 0 Å². The summed E-state index contributed by atoms with van der Waals surface area (Å²) in [6.45, 7) is 8.29. The zero-order valence-electron chi connectivity index (χ0n) is 12.1. The monoisotopic (exact) mass is 264 g/mol. The third-order valence-corrected chi connectivity index (χ3v) is 3.80. The van der Waals surface area contributed by atoms with Crippen LogP contribution < -0.4 is 10.2 Å². The third kappa shape index (κ3) is 2.97. The number of nitrogens with zero attached hydrogens (tertiary/aromatic N) is 3. The lowest BCUT2D eigenvalue weighted by molar-refractivity contribution is 0.244. The summed E-state index contributed by atoms with van der Waals surface area (Å²) in [7, 11) is 0. The molecule has 1 aliphatic rings. The Morgan fingerprint density at radius 3 is 2.84 bits per heavy atom. The van der Waals surface area contributed by atoms with Crippen LogP contribution in [0.25, 0.3) is 0 Å². The SMILES string of the molecule is CCNc1cc(N2CCC(C)C2CO)nc(CC)n1. The van der Waals surface area contributed by atoms with Gasteiger partial charge in [-0.15, -0.1) is 0 Å². The molecule has 0 aliphatic carbocycles. The van der Waals surface area contributed by atoms with Crippen molar-refractivity contribution in [3.05, 3.63) is 11.9 Å². The van der Waals surface area contributed by atoms with Gasteiger partial charge in [0.2, 0.25) is 0 Å². The quantitative estimate of drug-likeness (QED) is 0.847. The van der Waals surface area contributed by atoms with Crippen LogP contribution in [-0.4, -0.2) is 40.8 Å². The molecule has 1 aromatic rings. The van der Waals surface area contributed by atoms with Crippen LogP contribution in [0.15, 0.2) is 6.07 Å². The zero-order chi connectivity index (χ0) is 13.8. The highest BCUT2D eigenvalue weighted by Crippen LogP contribution is 2.29. The number of aliphatic hydroxyl groups excluding tert-OH is 1. The van der Waals surface area contributed by atoms with E-state index in [1.165, 1.54) is 0 Å². The molecule has 5 nitrogen and oxygen atoms in total. The fourth-order valence-corrected chi connectivity index (χ4v) is 2.63. The van der Waals surface area contributed by atoms with Crippen LogP contribution in [0.3, 0.4) is 0 Å². The predicted octanol–water partition coefficient (Wildman–Crippen LogP) is 1.68. The van der Waals surface area contributed by atoms with Crippen LogP contribution in [0.4, 0.5) is 11.6 Å². The number of hydrogen-bond acceptors (Lipinski definition) is 5. The average Bonchev–Trinajstić information content (AvgIpc) is 2.79. The molecule has 2 heterocycles. The number of aromatic nitrogens is 2. The van der Waals surface area contributed by atoms with Crippen molar-refractivity contribution >= 4 is 11.6 Å². The summed E-state index contributed by atoms with van der Waals surface area (Å²) in [5.74, 6) is 3.17. The van der Waals surface area contributed by atoms with Gasteiger partial charge < -0.3 is 15.3 Å². The van der Waals surface area contributed by atoms with Crippen LogP contribution >= 0.6 is 0 Å². The summed E-state index contributed by atoms with van der Waals surface area (Å²) in [6.07, 6.45) is 1.92. The molecular formula is C14H24N4O. The molecule has 1 saturated heterocycles. The van der Waals surface area contributed by atoms with E-state index < -0.39 is 0 Å². The van der Waals surface area contributed by atoms with E-state index in [0.29, 0.717) is 5.92 Å². The summed E-state index contributed by atoms with van der Waals surface area (Å²) in [4.78, 5) is 11.3. The van der Waals surface area contributed by atoms with Gasteiger partial charge in [0.25, 0.3) is 0 Å². The van der Waals surface area contributed by atoms with Gasteiger partial charge in [-0.05, 0) is 19.3 Å². The first-order chi connectivity index (χ1) is 9.19. The molecule has 0 aromatic carbocycles. The van der Waals surface area contributed by atoms with Crippen molar-refractivity contribution in [1.82, 2.24) is 9.97 Å². The van der Waals surface area contributed by atoms with E-state index in [1.54, 1.807) is 0 Å². The lowest BCUT2D eigenvalue weighted by Crippen LogP contribution is -2.36. The predicted molar refractivity (Wildman–Crippen MR) is 77.6 cm³/mol. The Balaban J connectivity index is 2.30. The van der Waals surface area contributed by atoms with Crippen LogP contribution in [0.1, 0.15) is 33.0 Å². The smallest absolute Gasteiger partial charge is 0.134 e. The first-order valence-electron chi connectivity index (χ1n) is 7.18. The number of aliphatic hydroxyl groups is 1. The maximum atomic E-state index is 9.57. The molecule has 106 valence electrons. The van der Waals surface area contributed by atoms with Crippen molar-refractivity contribution < 1.29 is 5.11 Å². The molecule has 0 amide bonds. The lowest BCUT2D eigenvalue weighted by atomic mass is 10.0. The molecule has 19 heavy (non-hydrogen) atoms. The topological polar surface area (TPSA) is 61.3 Å². The summed E-state index contributed by atoms with van der Waals surface area (Å²) < 4.78 is 0. The number of nitrogens with one attached hydrogen (secondary N) is 1. The van der Waals surface area contributed by atoms with Gasteiger partial charge in [0.05, 0.1) is 12.6 Å². The van der Waals surface area contributed by atoms with E-state index in [1.807, 2.05) is 6.07 Å². The van der Waals surface area contributed by atoms with E-state index in [9.17, 15) is 5.11 Å². The second-order valence-corrected chi connectivity index (χ2v) is 5.12. The molecular weight excluding hydrogens is 240 g/mol. The number of hydrogen-bond donors (Lipinski definition) is 2. The van der Waals surface area contributed by atoms with E-state index in [-0.39, 0.29) is 12.6 Å². The fourth-order valence-electron chi connectivity index (χ4n) is 2.63. The molecule has 0 spiro atoms. The van der Waals surface area contributed by atoms with Crippen molar-refractivity contribution in [3.8, 4) is 0 Å². The molecule has 1 aromatic heterocycles. The highest BCUT2D eigenvalue weighted by molar-refractivity contribution is 5.51. The van der Waals surface area contributed by atoms with Crippen molar-refractivity contribution in [3.63, 3.8) is 0 Å². The molecule has 0 radical (unpaired) electrons. The minimum Gasteiger partial charge on any atom is -0.394 e. The molecule has 1 fully saturated rings. The van der Waals surface area contributed by atoms with Gasteiger partial charge >= 0.3 is 0 Å². The molecule has 0 bridgehead atoms. The third-order valence-electron chi connectivity index (χ3n) is 3.80. The number of aryl methyl sites for hydroxylation is 1. The van der Waals surface area contributed by atoms with Gasteiger partial charge in [-0.25, -0.2) is 9.97 Å². The van der Waals surface area contributed by atoms with E-state index in [0.717, 1.165) is 43.4 Å². The van der Waals surface area contributed by atoms with Crippen LogP contribution in [0, 0.1) is 5.92 Å². The van der Waals surface area contributed by atoms with Gasteiger partial charge in [-0.1, -0.05) is 13.8 Å². The Bertz CT molecular complexity index is 424. The molecule has 2 rings (SSSR count). The van der Waals surface area contributed by atoms with E-state index >= 15 is 0 Å². The molecule has 2 unspecified atom stereocenters. The highest BCUT2D eigenvalue weighted by Gasteiger charge is 2.31. The fraction of sp³-hybridized carbons (Fsp3) is 0.714. The molecule has 2 atom stereocenters. The van der Waals surface area contributed by atoms with Crippen molar-refractivity contribution in [2.24, 2.45) is 5.92 Å². The molecule has 0 saturated carbocycles. The zero-order valence-corrected chi connectivity index (χ0v) is 12.1. The Labute approximate surface area is 115 Å². The number of rotatable bonds is 5. The highest BCUT2D eigenvalue weighted by atomic mass is 16.3. The van der Waals surface area contributed by atoms with Gasteiger partial charge in [0, 0.05) is 25.6 Å². The minimum atomic E-state index is 0.175. The summed E-state index contributed by atoms with van der Waals surface area (Å²) in [5.41, 5.74) is 0. The Morgan fingerprint density at radius 2 is 2.21 bits per heavy atom. The van der Waals surface area contributed by atoms with Crippen LogP contribution in [0.5, 0.6) is 0 Å². The molecule has 2 N–H and O–H groups in total. The normalized spacial score (nSPS) is 22.8. The van der Waals surface area contributed by atoms with Crippen LogP contribution in [0.2, 0.25) is 0 Å². The second kappa shape index (κ2) is 6.19.